The molecule has 0 aromatic heterocycles. The highest BCUT2D eigenvalue weighted by Gasteiger charge is 2.26. The van der Waals surface area contributed by atoms with E-state index in [0.29, 0.717) is 18.5 Å². The molecule has 0 spiro atoms. The number of aliphatic hydroxyl groups is 2. The van der Waals surface area contributed by atoms with Crippen molar-refractivity contribution >= 4 is 21.6 Å². The first kappa shape index (κ1) is 19.8. The molecular formula is C21H24BrN3O2. The Kier molecular flexibility index (Phi) is 6.86. The number of halogens is 1. The molecule has 2 unspecified atom stereocenters. The van der Waals surface area contributed by atoms with Crippen LogP contribution in [0.15, 0.2) is 46.9 Å². The van der Waals surface area contributed by atoms with E-state index in [1.807, 2.05) is 12.1 Å². The monoisotopic (exact) mass is 429 g/mol. The zero-order valence-corrected chi connectivity index (χ0v) is 16.7. The number of nitriles is 1. The predicted molar refractivity (Wildman–Crippen MR) is 109 cm³/mol. The van der Waals surface area contributed by atoms with Crippen molar-refractivity contribution in [3.63, 3.8) is 0 Å². The highest BCUT2D eigenvalue weighted by atomic mass is 79.9. The maximum absolute atomic E-state index is 9.77. The molecular weight excluding hydrogens is 406 g/mol. The molecule has 1 aliphatic rings. The number of anilines is 1. The lowest BCUT2D eigenvalue weighted by atomic mass is 9.99. The van der Waals surface area contributed by atoms with Crippen LogP contribution in [0.1, 0.15) is 29.5 Å². The van der Waals surface area contributed by atoms with Crippen LogP contribution in [0.4, 0.5) is 5.69 Å². The van der Waals surface area contributed by atoms with Gasteiger partial charge in [-0.3, -0.25) is 4.90 Å². The molecule has 2 atom stereocenters. The van der Waals surface area contributed by atoms with Crippen LogP contribution in [0.2, 0.25) is 0 Å². The summed E-state index contributed by atoms with van der Waals surface area (Å²) < 4.78 is 0.879. The zero-order valence-electron chi connectivity index (χ0n) is 15.1. The van der Waals surface area contributed by atoms with Crippen LogP contribution in [0, 0.1) is 11.3 Å². The molecule has 1 saturated heterocycles. The fourth-order valence-corrected chi connectivity index (χ4v) is 3.93. The van der Waals surface area contributed by atoms with Gasteiger partial charge in [-0.1, -0.05) is 40.2 Å². The summed E-state index contributed by atoms with van der Waals surface area (Å²) in [5, 5.41) is 31.7. The van der Waals surface area contributed by atoms with Gasteiger partial charge in [-0.05, 0) is 42.2 Å². The number of nitrogens with zero attached hydrogens (tertiary/aromatic N) is 2. The summed E-state index contributed by atoms with van der Waals surface area (Å²) in [6, 6.07) is 16.2. The third-order valence-electron chi connectivity index (χ3n) is 4.95. The quantitative estimate of drug-likeness (QED) is 0.656. The second-order valence-electron chi connectivity index (χ2n) is 7.00. The van der Waals surface area contributed by atoms with E-state index >= 15 is 0 Å². The van der Waals surface area contributed by atoms with Crippen molar-refractivity contribution in [1.82, 2.24) is 4.90 Å². The molecule has 2 aromatic carbocycles. The minimum atomic E-state index is -0.300. The summed E-state index contributed by atoms with van der Waals surface area (Å²) in [5.41, 5.74) is 3.88. The molecule has 1 aliphatic heterocycles. The topological polar surface area (TPSA) is 79.5 Å². The molecule has 1 fully saturated rings. The van der Waals surface area contributed by atoms with Crippen molar-refractivity contribution in [3.05, 3.63) is 63.6 Å². The molecule has 0 radical (unpaired) electrons. The summed E-state index contributed by atoms with van der Waals surface area (Å²) in [6.45, 7) is 2.34. The van der Waals surface area contributed by atoms with E-state index in [0.717, 1.165) is 35.2 Å². The Hall–Kier alpha value is -1.91. The summed E-state index contributed by atoms with van der Waals surface area (Å²) in [4.78, 5) is 2.24. The fraction of sp³-hybridized carbons (Fsp3) is 0.381. The summed E-state index contributed by atoms with van der Waals surface area (Å²) in [5.74, 6) is 0. The summed E-state index contributed by atoms with van der Waals surface area (Å²) in [7, 11) is 0. The number of benzene rings is 2. The first-order valence-electron chi connectivity index (χ1n) is 9.12. The maximum atomic E-state index is 9.77. The molecule has 3 N–H and O–H groups in total. The minimum absolute atomic E-state index is 0.0287. The van der Waals surface area contributed by atoms with Gasteiger partial charge in [0.15, 0.2) is 0 Å². The Morgan fingerprint density at radius 1 is 1.19 bits per heavy atom. The van der Waals surface area contributed by atoms with Gasteiger partial charge in [-0.25, -0.2) is 0 Å². The van der Waals surface area contributed by atoms with Crippen LogP contribution >= 0.6 is 15.9 Å². The van der Waals surface area contributed by atoms with Gasteiger partial charge in [0.05, 0.1) is 24.3 Å². The molecule has 6 heteroatoms. The fourth-order valence-electron chi connectivity index (χ4n) is 3.43. The van der Waals surface area contributed by atoms with E-state index in [1.165, 1.54) is 5.56 Å². The van der Waals surface area contributed by atoms with Crippen LogP contribution in [0.5, 0.6) is 0 Å². The van der Waals surface area contributed by atoms with Crippen LogP contribution in [-0.2, 0) is 13.1 Å². The number of nitrogens with one attached hydrogen (secondary N) is 1. The van der Waals surface area contributed by atoms with Gasteiger partial charge < -0.3 is 15.5 Å². The molecule has 0 aliphatic carbocycles. The average molecular weight is 430 g/mol. The first-order chi connectivity index (χ1) is 13.1. The Bertz CT molecular complexity index is 804. The zero-order chi connectivity index (χ0) is 19.2. The largest absolute Gasteiger partial charge is 0.395 e. The molecule has 142 valence electrons. The van der Waals surface area contributed by atoms with Crippen LogP contribution in [0.25, 0.3) is 0 Å². The lowest BCUT2D eigenvalue weighted by Gasteiger charge is -2.36. The molecule has 1 heterocycles. The SMILES string of the molecule is N#Cc1cc(Br)cc(NCc2ccc(CN3CCC(O)CC3CO)cc2)c1. The molecule has 0 amide bonds. The summed E-state index contributed by atoms with van der Waals surface area (Å²) in [6.07, 6.45) is 1.09. The number of aliphatic hydroxyl groups excluding tert-OH is 2. The van der Waals surface area contributed by atoms with Gasteiger partial charge in [0.25, 0.3) is 0 Å². The number of piperidine rings is 1. The second kappa shape index (κ2) is 9.34. The highest BCUT2D eigenvalue weighted by Crippen LogP contribution is 2.21. The van der Waals surface area contributed by atoms with E-state index < -0.39 is 0 Å². The number of rotatable bonds is 6. The van der Waals surface area contributed by atoms with Crippen molar-refractivity contribution in [2.24, 2.45) is 0 Å². The van der Waals surface area contributed by atoms with Gasteiger partial charge in [0, 0.05) is 35.8 Å². The predicted octanol–water partition coefficient (Wildman–Crippen LogP) is 3.25. The Balaban J connectivity index is 1.57. The van der Waals surface area contributed by atoms with Crippen molar-refractivity contribution in [2.45, 2.75) is 38.1 Å². The molecule has 0 bridgehead atoms. The van der Waals surface area contributed by atoms with Gasteiger partial charge >= 0.3 is 0 Å². The normalized spacial score (nSPS) is 20.2. The number of likely N-dealkylation sites (tertiary alicyclic amines) is 1. The van der Waals surface area contributed by atoms with Gasteiger partial charge in [0.1, 0.15) is 0 Å². The van der Waals surface area contributed by atoms with E-state index in [9.17, 15) is 10.2 Å². The third kappa shape index (κ3) is 5.53. The summed E-state index contributed by atoms with van der Waals surface area (Å²) >= 11 is 3.42. The van der Waals surface area contributed by atoms with Gasteiger partial charge in [-0.15, -0.1) is 0 Å². The Labute approximate surface area is 168 Å². The van der Waals surface area contributed by atoms with Crippen molar-refractivity contribution in [2.75, 3.05) is 18.5 Å². The molecule has 3 rings (SSSR count). The van der Waals surface area contributed by atoms with Crippen LogP contribution in [0.3, 0.4) is 0 Å². The van der Waals surface area contributed by atoms with Crippen molar-refractivity contribution in [1.29, 1.82) is 5.26 Å². The van der Waals surface area contributed by atoms with E-state index in [2.05, 4.69) is 56.5 Å². The average Bonchev–Trinajstić information content (AvgIpc) is 2.68. The Morgan fingerprint density at radius 2 is 1.93 bits per heavy atom. The molecule has 0 saturated carbocycles. The molecule has 5 nitrogen and oxygen atoms in total. The van der Waals surface area contributed by atoms with Crippen molar-refractivity contribution in [3.8, 4) is 6.07 Å². The van der Waals surface area contributed by atoms with E-state index in [4.69, 9.17) is 5.26 Å². The third-order valence-corrected chi connectivity index (χ3v) is 5.41. The highest BCUT2D eigenvalue weighted by molar-refractivity contribution is 9.10. The number of hydrogen-bond donors (Lipinski definition) is 3. The van der Waals surface area contributed by atoms with E-state index in [1.54, 1.807) is 6.07 Å². The van der Waals surface area contributed by atoms with Gasteiger partial charge in [0.2, 0.25) is 0 Å². The number of hydrogen-bond acceptors (Lipinski definition) is 5. The standard InChI is InChI=1S/C21H24BrN3O2/c22-18-7-17(11-23)8-19(9-18)24-12-15-1-3-16(4-2-15)13-25-6-5-21(27)10-20(25)14-26/h1-4,7-9,20-21,24,26-27H,5-6,10,12-14H2. The smallest absolute Gasteiger partial charge is 0.0992 e. The molecule has 27 heavy (non-hydrogen) atoms. The lowest BCUT2D eigenvalue weighted by Crippen LogP contribution is -2.45. The van der Waals surface area contributed by atoms with Crippen LogP contribution < -0.4 is 5.32 Å². The maximum Gasteiger partial charge on any atom is 0.0992 e. The van der Waals surface area contributed by atoms with Gasteiger partial charge in [-0.2, -0.15) is 5.26 Å². The van der Waals surface area contributed by atoms with Crippen LogP contribution in [-0.4, -0.2) is 40.4 Å². The molecule has 2 aromatic rings. The lowest BCUT2D eigenvalue weighted by molar-refractivity contribution is 0.0129. The van der Waals surface area contributed by atoms with E-state index in [-0.39, 0.29) is 18.8 Å². The second-order valence-corrected chi connectivity index (χ2v) is 7.91. The minimum Gasteiger partial charge on any atom is -0.395 e. The van der Waals surface area contributed by atoms with Crippen molar-refractivity contribution < 1.29 is 10.2 Å². The Morgan fingerprint density at radius 3 is 2.63 bits per heavy atom. The first-order valence-corrected chi connectivity index (χ1v) is 9.92.